The van der Waals surface area contributed by atoms with Gasteiger partial charge in [-0.25, -0.2) is 0 Å². The zero-order valence-corrected chi connectivity index (χ0v) is 18.5. The minimum atomic E-state index is -0.587. The summed E-state index contributed by atoms with van der Waals surface area (Å²) in [6, 6.07) is 24.7. The molecule has 0 radical (unpaired) electrons. The highest BCUT2D eigenvalue weighted by Crippen LogP contribution is 2.48. The van der Waals surface area contributed by atoms with Gasteiger partial charge in [0.1, 0.15) is 0 Å². The van der Waals surface area contributed by atoms with Crippen LogP contribution in [0.1, 0.15) is 42.9 Å². The minimum Gasteiger partial charge on any atom is -0.357 e. The van der Waals surface area contributed by atoms with Gasteiger partial charge in [0.2, 0.25) is 5.91 Å². The number of halogens is 1. The summed E-state index contributed by atoms with van der Waals surface area (Å²) < 4.78 is 0. The number of para-hydroxylation sites is 2. The van der Waals surface area contributed by atoms with Gasteiger partial charge in [0.05, 0.1) is 17.4 Å². The van der Waals surface area contributed by atoms with E-state index in [1.165, 1.54) is 6.92 Å². The van der Waals surface area contributed by atoms with E-state index in [1.54, 1.807) is 11.0 Å². The maximum Gasteiger partial charge on any atom is 0.224 e. The number of amides is 1. The number of rotatable bonds is 2. The minimum absolute atomic E-state index is 0.0385. The number of allylic oxidation sites excluding steroid dienone is 1. The summed E-state index contributed by atoms with van der Waals surface area (Å²) in [5.74, 6) is -0.0228. The number of ketones is 1. The largest absolute Gasteiger partial charge is 0.357 e. The molecule has 5 heteroatoms. The predicted molar refractivity (Wildman–Crippen MR) is 128 cm³/mol. The molecule has 0 saturated heterocycles. The normalized spacial score (nSPS) is 20.2. The summed E-state index contributed by atoms with van der Waals surface area (Å²) in [5, 5.41) is 4.05. The molecule has 1 aliphatic carbocycles. The molecular formula is C27H23ClN2O2. The van der Waals surface area contributed by atoms with E-state index in [-0.39, 0.29) is 17.6 Å². The first-order valence-electron chi connectivity index (χ1n) is 10.8. The van der Waals surface area contributed by atoms with Crippen LogP contribution in [0.15, 0.2) is 90.1 Å². The second-order valence-corrected chi connectivity index (χ2v) is 8.69. The van der Waals surface area contributed by atoms with E-state index < -0.39 is 6.04 Å². The lowest BCUT2D eigenvalue weighted by molar-refractivity contribution is -0.117. The van der Waals surface area contributed by atoms with Crippen LogP contribution in [0, 0.1) is 0 Å². The molecule has 3 aromatic carbocycles. The number of Topliss-reactive ketones (excluding diaryl/α,β-unsaturated/α-hetero) is 1. The molecule has 0 bridgehead atoms. The van der Waals surface area contributed by atoms with E-state index in [0.717, 1.165) is 28.2 Å². The molecule has 0 spiro atoms. The first-order chi connectivity index (χ1) is 15.5. The fourth-order valence-corrected chi connectivity index (χ4v) is 5.13. The molecule has 0 aromatic heterocycles. The van der Waals surface area contributed by atoms with E-state index in [0.29, 0.717) is 23.4 Å². The van der Waals surface area contributed by atoms with Crippen molar-refractivity contribution >= 4 is 34.7 Å². The third-order valence-electron chi connectivity index (χ3n) is 6.30. The lowest BCUT2D eigenvalue weighted by Crippen LogP contribution is -2.37. The molecule has 0 saturated carbocycles. The van der Waals surface area contributed by atoms with Crippen molar-refractivity contribution in [3.8, 4) is 0 Å². The zero-order valence-electron chi connectivity index (χ0n) is 17.7. The van der Waals surface area contributed by atoms with Gasteiger partial charge in [0.25, 0.3) is 0 Å². The van der Waals surface area contributed by atoms with Crippen LogP contribution in [-0.4, -0.2) is 11.7 Å². The van der Waals surface area contributed by atoms with Crippen molar-refractivity contribution in [1.29, 1.82) is 0 Å². The number of nitrogens with one attached hydrogen (secondary N) is 1. The Labute approximate surface area is 192 Å². The van der Waals surface area contributed by atoms with Crippen molar-refractivity contribution in [3.05, 3.63) is 106 Å². The van der Waals surface area contributed by atoms with Crippen LogP contribution in [-0.2, 0) is 9.59 Å². The standard InChI is InChI=1S/C27H23ClN2O2/c1-17(31)30-24-14-8-7-13-22(24)29-23-15-19(18-9-3-2-4-10-18)16-25(32)26(23)27(30)20-11-5-6-12-21(20)28/h2-14,19,27,29H,15-16H2,1H3/t19-,27+/m0/s1. The average molecular weight is 443 g/mol. The number of carbonyl (C=O) groups excluding carboxylic acids is 2. The van der Waals surface area contributed by atoms with Crippen LogP contribution >= 0.6 is 11.6 Å². The number of hydrogen-bond acceptors (Lipinski definition) is 3. The lowest BCUT2D eigenvalue weighted by Gasteiger charge is -2.35. The Morgan fingerprint density at radius 2 is 1.62 bits per heavy atom. The molecule has 3 aromatic rings. The van der Waals surface area contributed by atoms with Crippen molar-refractivity contribution in [1.82, 2.24) is 0 Å². The van der Waals surface area contributed by atoms with Gasteiger partial charge in [-0.2, -0.15) is 0 Å². The zero-order chi connectivity index (χ0) is 22.2. The monoisotopic (exact) mass is 442 g/mol. The molecule has 1 heterocycles. The fraction of sp³-hybridized carbons (Fsp3) is 0.185. The lowest BCUT2D eigenvalue weighted by atomic mass is 9.78. The first-order valence-corrected chi connectivity index (χ1v) is 11.1. The number of benzene rings is 3. The Kier molecular flexibility index (Phi) is 5.32. The van der Waals surface area contributed by atoms with Crippen LogP contribution in [0.25, 0.3) is 0 Å². The van der Waals surface area contributed by atoms with Gasteiger partial charge in [-0.05, 0) is 41.7 Å². The molecule has 32 heavy (non-hydrogen) atoms. The van der Waals surface area contributed by atoms with Crippen molar-refractivity contribution in [2.45, 2.75) is 31.7 Å². The van der Waals surface area contributed by atoms with E-state index >= 15 is 0 Å². The van der Waals surface area contributed by atoms with Gasteiger partial charge in [0.15, 0.2) is 5.78 Å². The molecule has 1 N–H and O–H groups in total. The molecule has 160 valence electrons. The summed E-state index contributed by atoms with van der Waals surface area (Å²) in [4.78, 5) is 28.4. The highest BCUT2D eigenvalue weighted by Gasteiger charge is 2.41. The number of anilines is 2. The number of nitrogens with zero attached hydrogens (tertiary/aromatic N) is 1. The third-order valence-corrected chi connectivity index (χ3v) is 6.64. The average Bonchev–Trinajstić information content (AvgIpc) is 2.94. The number of fused-ring (bicyclic) bond motifs is 1. The second kappa shape index (κ2) is 8.29. The van der Waals surface area contributed by atoms with Gasteiger partial charge in [-0.15, -0.1) is 0 Å². The highest BCUT2D eigenvalue weighted by atomic mass is 35.5. The van der Waals surface area contributed by atoms with Gasteiger partial charge in [-0.3, -0.25) is 14.5 Å². The van der Waals surface area contributed by atoms with Crippen LogP contribution < -0.4 is 10.2 Å². The molecule has 4 nitrogen and oxygen atoms in total. The van der Waals surface area contributed by atoms with Gasteiger partial charge >= 0.3 is 0 Å². The number of carbonyl (C=O) groups is 2. The maximum atomic E-state index is 13.7. The summed E-state index contributed by atoms with van der Waals surface area (Å²) in [6.07, 6.45) is 1.08. The first kappa shape index (κ1) is 20.5. The van der Waals surface area contributed by atoms with Crippen molar-refractivity contribution in [2.24, 2.45) is 0 Å². The highest BCUT2D eigenvalue weighted by molar-refractivity contribution is 6.31. The van der Waals surface area contributed by atoms with E-state index in [9.17, 15) is 9.59 Å². The Bertz CT molecular complexity index is 1240. The number of hydrogen-bond donors (Lipinski definition) is 1. The van der Waals surface area contributed by atoms with Gasteiger partial charge < -0.3 is 5.32 Å². The predicted octanol–water partition coefficient (Wildman–Crippen LogP) is 6.26. The molecule has 1 aliphatic heterocycles. The molecule has 2 atom stereocenters. The summed E-state index contributed by atoms with van der Waals surface area (Å²) in [7, 11) is 0. The van der Waals surface area contributed by atoms with E-state index in [4.69, 9.17) is 11.6 Å². The smallest absolute Gasteiger partial charge is 0.224 e. The Morgan fingerprint density at radius 1 is 0.938 bits per heavy atom. The Balaban J connectivity index is 1.73. The molecular weight excluding hydrogens is 420 g/mol. The van der Waals surface area contributed by atoms with Crippen LogP contribution in [0.3, 0.4) is 0 Å². The van der Waals surface area contributed by atoms with Crippen LogP contribution in [0.5, 0.6) is 0 Å². The third kappa shape index (κ3) is 3.51. The molecule has 0 fully saturated rings. The topological polar surface area (TPSA) is 49.4 Å². The summed E-state index contributed by atoms with van der Waals surface area (Å²) in [6.45, 7) is 1.53. The van der Waals surface area contributed by atoms with Crippen LogP contribution in [0.4, 0.5) is 11.4 Å². The maximum absolute atomic E-state index is 13.7. The Hall–Kier alpha value is -3.37. The Morgan fingerprint density at radius 3 is 2.38 bits per heavy atom. The SMILES string of the molecule is CC(=O)N1c2ccccc2NC2=C(C(=O)C[C@@H](c3ccccc3)C2)[C@H]1c1ccccc1Cl. The van der Waals surface area contributed by atoms with Crippen LogP contribution in [0.2, 0.25) is 5.02 Å². The molecule has 5 rings (SSSR count). The van der Waals surface area contributed by atoms with Crippen molar-refractivity contribution in [3.63, 3.8) is 0 Å². The van der Waals surface area contributed by atoms with Crippen molar-refractivity contribution in [2.75, 3.05) is 10.2 Å². The van der Waals surface area contributed by atoms with E-state index in [1.807, 2.05) is 60.7 Å². The quantitative estimate of drug-likeness (QED) is 0.509. The second-order valence-electron chi connectivity index (χ2n) is 8.29. The molecule has 0 unspecified atom stereocenters. The molecule has 1 amide bonds. The molecule has 2 aliphatic rings. The fourth-order valence-electron chi connectivity index (χ4n) is 4.89. The van der Waals surface area contributed by atoms with E-state index in [2.05, 4.69) is 17.4 Å². The van der Waals surface area contributed by atoms with Gasteiger partial charge in [-0.1, -0.05) is 72.3 Å². The van der Waals surface area contributed by atoms with Gasteiger partial charge in [0, 0.05) is 29.6 Å². The summed E-state index contributed by atoms with van der Waals surface area (Å²) >= 11 is 6.62. The van der Waals surface area contributed by atoms with Crippen molar-refractivity contribution < 1.29 is 9.59 Å². The summed E-state index contributed by atoms with van der Waals surface area (Å²) in [5.41, 5.74) is 4.92.